The summed E-state index contributed by atoms with van der Waals surface area (Å²) in [7, 11) is -4.77. The summed E-state index contributed by atoms with van der Waals surface area (Å²) >= 11 is 0. The van der Waals surface area contributed by atoms with Gasteiger partial charge in [0.2, 0.25) is 0 Å². The Kier molecular flexibility index (Phi) is 5.88. The predicted molar refractivity (Wildman–Crippen MR) is 115 cm³/mol. The summed E-state index contributed by atoms with van der Waals surface area (Å²) in [5.41, 5.74) is 2.01. The third-order valence-corrected chi connectivity index (χ3v) is 6.59. The highest BCUT2D eigenvalue weighted by Gasteiger charge is 2.45. The minimum Gasteiger partial charge on any atom is -0.504 e. The number of pyridine rings is 1. The van der Waals surface area contributed by atoms with Crippen molar-refractivity contribution in [3.63, 3.8) is 0 Å². The molecule has 4 rings (SSSR count). The molecule has 190 valence electrons. The molecule has 7 amide bonds. The Labute approximate surface area is 201 Å². The number of rotatable bonds is 5. The molecular weight excluding hydrogens is 506 g/mol. The van der Waals surface area contributed by atoms with Crippen molar-refractivity contribution >= 4 is 51.0 Å². The smallest absolute Gasteiger partial charge is 0.405 e. The van der Waals surface area contributed by atoms with Crippen LogP contribution in [0.5, 0.6) is 11.5 Å². The summed E-state index contributed by atoms with van der Waals surface area (Å²) in [4.78, 5) is 63.9. The molecule has 6 N–H and O–H groups in total. The molecule has 2 aromatic rings. The van der Waals surface area contributed by atoms with E-state index in [2.05, 4.69) is 10.4 Å². The number of phenolic OH excluding ortho intramolecular Hbond substituents is 2. The number of urea groups is 2. The Morgan fingerprint density at radius 1 is 1.03 bits per heavy atom. The van der Waals surface area contributed by atoms with Crippen molar-refractivity contribution in [1.82, 2.24) is 34.7 Å². The van der Waals surface area contributed by atoms with E-state index in [0.29, 0.717) is 20.7 Å². The maximum atomic E-state index is 12.6. The second-order valence-corrected chi connectivity index (χ2v) is 9.16. The lowest BCUT2D eigenvalue weighted by Crippen LogP contribution is -2.67. The summed E-state index contributed by atoms with van der Waals surface area (Å²) in [6.07, 6.45) is -0.253. The van der Waals surface area contributed by atoms with Crippen molar-refractivity contribution in [3.8, 4) is 11.5 Å². The van der Waals surface area contributed by atoms with Gasteiger partial charge in [0.15, 0.2) is 11.5 Å². The number of fused-ring (bicyclic) bond motifs is 1. The fourth-order valence-corrected chi connectivity index (χ4v) is 4.47. The van der Waals surface area contributed by atoms with Crippen LogP contribution in [0.1, 0.15) is 10.5 Å². The number of β-lactam (4-membered cyclic amide) rings is 1. The monoisotopic (exact) mass is 523 g/mol. The number of imide groups is 1. The van der Waals surface area contributed by atoms with Gasteiger partial charge in [-0.3, -0.25) is 24.9 Å². The Balaban J connectivity index is 1.38. The van der Waals surface area contributed by atoms with Crippen molar-refractivity contribution < 1.29 is 47.7 Å². The molecule has 18 heteroatoms. The first-order valence-corrected chi connectivity index (χ1v) is 11.4. The summed E-state index contributed by atoms with van der Waals surface area (Å²) < 4.78 is 26.8. The van der Waals surface area contributed by atoms with Crippen LogP contribution in [0.15, 0.2) is 24.4 Å². The third-order valence-electron chi connectivity index (χ3n) is 5.23. The lowest BCUT2D eigenvalue weighted by Gasteiger charge is -2.36. The number of phenols is 2. The Hall–Kier alpha value is -4.87. The number of hydrogen-bond donors (Lipinski definition) is 6. The second-order valence-electron chi connectivity index (χ2n) is 7.57. The highest BCUT2D eigenvalue weighted by molar-refractivity contribution is 7.88. The molecular formula is C18H17N7O10S. The summed E-state index contributed by atoms with van der Waals surface area (Å²) in [6, 6.07) is -0.0783. The van der Waals surface area contributed by atoms with Crippen LogP contribution in [0.2, 0.25) is 0 Å². The largest absolute Gasteiger partial charge is 0.504 e. The van der Waals surface area contributed by atoms with Crippen molar-refractivity contribution in [2.24, 2.45) is 0 Å². The van der Waals surface area contributed by atoms with E-state index in [1.807, 2.05) is 5.32 Å². The van der Waals surface area contributed by atoms with Crippen molar-refractivity contribution in [1.29, 1.82) is 0 Å². The molecule has 17 nitrogen and oxygen atoms in total. The molecule has 36 heavy (non-hydrogen) atoms. The number of hydrogen-bond acceptors (Lipinski definition) is 10. The minimum absolute atomic E-state index is 0.184. The van der Waals surface area contributed by atoms with Crippen molar-refractivity contribution in [2.45, 2.75) is 6.04 Å². The third kappa shape index (κ3) is 4.43. The van der Waals surface area contributed by atoms with Crippen LogP contribution >= 0.6 is 0 Å². The van der Waals surface area contributed by atoms with Gasteiger partial charge in [-0.05, 0) is 23.6 Å². The van der Waals surface area contributed by atoms with E-state index in [9.17, 15) is 42.6 Å². The molecule has 3 heterocycles. The number of carboxylic acid groups (broad SMARTS) is 1. The molecule has 1 aromatic carbocycles. The number of benzene rings is 1. The first-order chi connectivity index (χ1) is 16.9. The Bertz CT molecular complexity index is 1430. The van der Waals surface area contributed by atoms with Gasteiger partial charge in [-0.25, -0.2) is 28.4 Å². The number of nitrogens with zero attached hydrogens (tertiary/aromatic N) is 4. The number of carbonyl (C=O) groups is 5. The van der Waals surface area contributed by atoms with Crippen molar-refractivity contribution in [3.05, 3.63) is 30.1 Å². The predicted octanol–water partition coefficient (Wildman–Crippen LogP) is -1.54. The average Bonchev–Trinajstić information content (AvgIpc) is 3.16. The van der Waals surface area contributed by atoms with E-state index < -0.39 is 65.1 Å². The maximum Gasteiger partial charge on any atom is 0.405 e. The number of carbonyl (C=O) groups excluding carboxylic acids is 4. The summed E-state index contributed by atoms with van der Waals surface area (Å²) in [5.74, 6) is -2.67. The highest BCUT2D eigenvalue weighted by Crippen LogP contribution is 2.30. The van der Waals surface area contributed by atoms with Gasteiger partial charge in [0, 0.05) is 11.6 Å². The minimum atomic E-state index is -4.77. The fraction of sp³-hybridized carbons (Fsp3) is 0.222. The van der Waals surface area contributed by atoms with E-state index in [4.69, 9.17) is 5.11 Å². The Morgan fingerprint density at radius 3 is 2.33 bits per heavy atom. The molecule has 1 aromatic heterocycles. The number of hydrazine groups is 1. The standard InChI is InChI=1S/C18H17N7O10S/c26-12-4-8-3-10(19-6-9(8)5-13(12)27)14(28)21-24-1-2-25(18(24)33)36(34,35)22-16(30)23-7-11(15(23)29)20-17(31)32/h3-6,11,20,26-27H,1-2,7H2,(H,21,28)(H,22,30)(H,31,32). The van der Waals surface area contributed by atoms with Gasteiger partial charge in [-0.15, -0.1) is 0 Å². The number of aromatic hydroxyl groups is 2. The van der Waals surface area contributed by atoms with Gasteiger partial charge in [-0.1, -0.05) is 0 Å². The quantitative estimate of drug-likeness (QED) is 0.194. The van der Waals surface area contributed by atoms with Crippen LogP contribution in [0, 0.1) is 0 Å². The van der Waals surface area contributed by atoms with Gasteiger partial charge in [-0.2, -0.15) is 8.42 Å². The van der Waals surface area contributed by atoms with E-state index in [1.54, 1.807) is 4.72 Å². The number of amides is 7. The molecule has 2 saturated heterocycles. The normalized spacial score (nSPS) is 17.7. The van der Waals surface area contributed by atoms with Gasteiger partial charge >= 0.3 is 28.4 Å². The average molecular weight is 523 g/mol. The molecule has 0 radical (unpaired) electrons. The first-order valence-electron chi connectivity index (χ1n) is 9.97. The van der Waals surface area contributed by atoms with Gasteiger partial charge in [0.05, 0.1) is 19.6 Å². The fourth-order valence-electron chi connectivity index (χ4n) is 3.40. The van der Waals surface area contributed by atoms with Crippen LogP contribution in [0.3, 0.4) is 0 Å². The Morgan fingerprint density at radius 2 is 1.69 bits per heavy atom. The van der Waals surface area contributed by atoms with Gasteiger partial charge in [0.25, 0.3) is 11.8 Å². The van der Waals surface area contributed by atoms with Crippen LogP contribution < -0.4 is 15.5 Å². The molecule has 0 spiro atoms. The maximum absolute atomic E-state index is 12.6. The topological polar surface area (TPSA) is 239 Å². The van der Waals surface area contributed by atoms with Crippen LogP contribution in [-0.4, -0.2) is 98.6 Å². The molecule has 2 aliphatic rings. The molecule has 1 unspecified atom stereocenters. The van der Waals surface area contributed by atoms with Gasteiger partial charge in [0.1, 0.15) is 11.7 Å². The first kappa shape index (κ1) is 24.3. The highest BCUT2D eigenvalue weighted by atomic mass is 32.2. The van der Waals surface area contributed by atoms with E-state index >= 15 is 0 Å². The molecule has 2 fully saturated rings. The lowest BCUT2D eigenvalue weighted by atomic mass is 10.1. The number of nitrogens with one attached hydrogen (secondary N) is 3. The molecule has 0 aliphatic carbocycles. The van der Waals surface area contributed by atoms with E-state index in [-0.39, 0.29) is 22.3 Å². The number of likely N-dealkylation sites (tertiary alicyclic amines) is 1. The summed E-state index contributed by atoms with van der Waals surface area (Å²) in [5, 5.41) is 31.1. The van der Waals surface area contributed by atoms with Crippen LogP contribution in [0.4, 0.5) is 14.4 Å². The number of aromatic nitrogens is 1. The lowest BCUT2D eigenvalue weighted by molar-refractivity contribution is -0.138. The zero-order valence-electron chi connectivity index (χ0n) is 17.9. The molecule has 0 saturated carbocycles. The zero-order chi connectivity index (χ0) is 26.4. The van der Waals surface area contributed by atoms with E-state index in [0.717, 1.165) is 0 Å². The SMILES string of the molecule is O=C(O)NC1CN(C(=O)NS(=O)(=O)N2CCN(NC(=O)c3cc4cc(O)c(O)cc4cn3)C2=O)C1=O. The molecule has 2 aliphatic heterocycles. The van der Waals surface area contributed by atoms with Crippen LogP contribution in [-0.2, 0) is 15.0 Å². The summed E-state index contributed by atoms with van der Waals surface area (Å²) in [6.45, 7) is -1.13. The van der Waals surface area contributed by atoms with Crippen LogP contribution in [0.25, 0.3) is 10.8 Å². The molecule has 1 atom stereocenters. The van der Waals surface area contributed by atoms with Gasteiger partial charge < -0.3 is 20.6 Å². The second kappa shape index (κ2) is 8.73. The zero-order valence-corrected chi connectivity index (χ0v) is 18.7. The van der Waals surface area contributed by atoms with E-state index in [1.165, 1.54) is 24.4 Å². The van der Waals surface area contributed by atoms with Crippen molar-refractivity contribution in [2.75, 3.05) is 19.6 Å². The molecule has 0 bridgehead atoms.